The Hall–Kier alpha value is -1.85. The van der Waals surface area contributed by atoms with Gasteiger partial charge in [-0.1, -0.05) is 29.3 Å². The van der Waals surface area contributed by atoms with Crippen LogP contribution in [0.15, 0.2) is 24.4 Å². The molecule has 0 fully saturated rings. The molecule has 0 radical (unpaired) electrons. The van der Waals surface area contributed by atoms with Crippen LogP contribution in [0.2, 0.25) is 0 Å². The Balaban J connectivity index is 2.45. The Labute approximate surface area is 100 Å². The number of anilines is 1. The van der Waals surface area contributed by atoms with Gasteiger partial charge in [-0.15, -0.1) is 0 Å². The Morgan fingerprint density at radius 2 is 1.88 bits per heavy atom. The molecule has 0 bridgehead atoms. The van der Waals surface area contributed by atoms with Crippen molar-refractivity contribution in [2.24, 2.45) is 5.84 Å². The molecule has 6 N–H and O–H groups in total. The number of hydrogen-bond donors (Lipinski definition) is 4. The third-order valence-electron chi connectivity index (χ3n) is 2.75. The summed E-state index contributed by atoms with van der Waals surface area (Å²) in [6, 6.07) is 6.15. The maximum Gasteiger partial charge on any atom is 0.124 e. The van der Waals surface area contributed by atoms with Gasteiger partial charge in [0.05, 0.1) is 12.2 Å². The van der Waals surface area contributed by atoms with Crippen molar-refractivity contribution in [3.63, 3.8) is 0 Å². The number of aromatic nitrogens is 2. The summed E-state index contributed by atoms with van der Waals surface area (Å²) in [7, 11) is 0. The van der Waals surface area contributed by atoms with Gasteiger partial charge in [0, 0.05) is 5.56 Å². The second-order valence-electron chi connectivity index (χ2n) is 4.26. The molecule has 0 spiro atoms. The summed E-state index contributed by atoms with van der Waals surface area (Å²) in [5.74, 6) is 6.15. The van der Waals surface area contributed by atoms with Crippen molar-refractivity contribution < 1.29 is 0 Å². The molecule has 0 aliphatic heterocycles. The van der Waals surface area contributed by atoms with Crippen molar-refractivity contribution in [3.05, 3.63) is 46.6 Å². The lowest BCUT2D eigenvalue weighted by Crippen LogP contribution is -2.29. The molecule has 5 heteroatoms. The number of nitrogen functional groups attached to an aromatic ring is 1. The third kappa shape index (κ3) is 2.30. The fourth-order valence-electron chi connectivity index (χ4n) is 2.08. The highest BCUT2D eigenvalue weighted by molar-refractivity contribution is 5.45. The van der Waals surface area contributed by atoms with Crippen LogP contribution in [-0.4, -0.2) is 10.2 Å². The zero-order valence-electron chi connectivity index (χ0n) is 9.99. The number of rotatable bonds is 3. The fraction of sp³-hybridized carbons (Fsp3) is 0.250. The number of hydrazine groups is 1. The van der Waals surface area contributed by atoms with Crippen LogP contribution in [0.4, 0.5) is 5.82 Å². The number of nitrogens with zero attached hydrogens (tertiary/aromatic N) is 1. The second kappa shape index (κ2) is 4.57. The van der Waals surface area contributed by atoms with E-state index in [0.29, 0.717) is 5.82 Å². The van der Waals surface area contributed by atoms with Crippen LogP contribution in [0, 0.1) is 13.8 Å². The van der Waals surface area contributed by atoms with Crippen LogP contribution in [0.5, 0.6) is 0 Å². The van der Waals surface area contributed by atoms with Crippen LogP contribution >= 0.6 is 0 Å². The van der Waals surface area contributed by atoms with Crippen LogP contribution < -0.4 is 17.0 Å². The first kappa shape index (κ1) is 11.6. The van der Waals surface area contributed by atoms with Crippen molar-refractivity contribution in [1.29, 1.82) is 0 Å². The highest BCUT2D eigenvalue weighted by Gasteiger charge is 2.17. The maximum absolute atomic E-state index is 5.82. The van der Waals surface area contributed by atoms with Crippen molar-refractivity contribution in [3.8, 4) is 0 Å². The summed E-state index contributed by atoms with van der Waals surface area (Å²) < 4.78 is 0. The summed E-state index contributed by atoms with van der Waals surface area (Å²) in [6.07, 6.45) is 1.69. The minimum Gasteiger partial charge on any atom is -0.384 e. The minimum atomic E-state index is -0.146. The number of aromatic amines is 1. The van der Waals surface area contributed by atoms with E-state index in [1.165, 1.54) is 11.1 Å². The average Bonchev–Trinajstić information content (AvgIpc) is 2.65. The van der Waals surface area contributed by atoms with E-state index in [1.54, 1.807) is 6.20 Å². The van der Waals surface area contributed by atoms with Gasteiger partial charge in [-0.2, -0.15) is 5.10 Å². The molecule has 1 heterocycles. The van der Waals surface area contributed by atoms with Crippen molar-refractivity contribution >= 4 is 5.82 Å². The second-order valence-corrected chi connectivity index (χ2v) is 4.26. The van der Waals surface area contributed by atoms with Gasteiger partial charge in [0.1, 0.15) is 5.82 Å². The fourth-order valence-corrected chi connectivity index (χ4v) is 2.08. The number of nitrogens with one attached hydrogen (secondary N) is 2. The molecule has 2 aromatic rings. The molecule has 17 heavy (non-hydrogen) atoms. The number of hydrogen-bond acceptors (Lipinski definition) is 4. The number of benzene rings is 1. The van der Waals surface area contributed by atoms with Crippen molar-refractivity contribution in [1.82, 2.24) is 15.6 Å². The van der Waals surface area contributed by atoms with Crippen molar-refractivity contribution in [2.45, 2.75) is 19.9 Å². The van der Waals surface area contributed by atoms with E-state index < -0.39 is 0 Å². The van der Waals surface area contributed by atoms with E-state index >= 15 is 0 Å². The molecule has 0 saturated heterocycles. The SMILES string of the molecule is Cc1cc(C)cc(C(NN)c2cn[nH]c2N)c1. The van der Waals surface area contributed by atoms with E-state index in [-0.39, 0.29) is 6.04 Å². The molecule has 1 atom stereocenters. The molecule has 1 aromatic heterocycles. The molecule has 1 unspecified atom stereocenters. The Morgan fingerprint density at radius 1 is 1.24 bits per heavy atom. The predicted octanol–water partition coefficient (Wildman–Crippen LogP) is 1.16. The molecule has 0 saturated carbocycles. The largest absolute Gasteiger partial charge is 0.384 e. The molecule has 1 aromatic carbocycles. The first-order valence-corrected chi connectivity index (χ1v) is 5.45. The van der Waals surface area contributed by atoms with E-state index in [0.717, 1.165) is 11.1 Å². The van der Waals surface area contributed by atoms with Crippen LogP contribution in [0.3, 0.4) is 0 Å². The van der Waals surface area contributed by atoms with Crippen LogP contribution in [0.1, 0.15) is 28.3 Å². The monoisotopic (exact) mass is 231 g/mol. The molecular formula is C12H17N5. The molecule has 0 aliphatic carbocycles. The number of nitrogens with two attached hydrogens (primary N) is 2. The smallest absolute Gasteiger partial charge is 0.124 e. The third-order valence-corrected chi connectivity index (χ3v) is 2.75. The number of aryl methyl sites for hydroxylation is 2. The molecule has 0 amide bonds. The standard InChI is InChI=1S/C12H17N5/c1-7-3-8(2)5-9(4-7)11(16-14)10-6-15-17-12(10)13/h3-6,11,16H,14H2,1-2H3,(H3,13,15,17). The molecule has 5 nitrogen and oxygen atoms in total. The summed E-state index contributed by atoms with van der Waals surface area (Å²) in [6.45, 7) is 4.12. The van der Waals surface area contributed by atoms with Gasteiger partial charge in [0.15, 0.2) is 0 Å². The minimum absolute atomic E-state index is 0.146. The average molecular weight is 231 g/mol. The van der Waals surface area contributed by atoms with Gasteiger partial charge < -0.3 is 5.73 Å². The van der Waals surface area contributed by atoms with Gasteiger partial charge in [0.25, 0.3) is 0 Å². The quantitative estimate of drug-likeness (QED) is 0.471. The lowest BCUT2D eigenvalue weighted by atomic mass is 9.97. The molecule has 90 valence electrons. The molecular weight excluding hydrogens is 214 g/mol. The maximum atomic E-state index is 5.82. The summed E-state index contributed by atoms with van der Waals surface area (Å²) >= 11 is 0. The first-order chi connectivity index (χ1) is 8.11. The lowest BCUT2D eigenvalue weighted by Gasteiger charge is -2.17. The van der Waals surface area contributed by atoms with Crippen molar-refractivity contribution in [2.75, 3.05) is 5.73 Å². The predicted molar refractivity (Wildman–Crippen MR) is 68.1 cm³/mol. The van der Waals surface area contributed by atoms with E-state index in [9.17, 15) is 0 Å². The summed E-state index contributed by atoms with van der Waals surface area (Å²) in [5, 5.41) is 6.63. The molecule has 2 rings (SSSR count). The van der Waals surface area contributed by atoms with E-state index in [1.807, 2.05) is 0 Å². The Bertz CT molecular complexity index is 497. The normalized spacial score (nSPS) is 12.6. The first-order valence-electron chi connectivity index (χ1n) is 5.45. The topological polar surface area (TPSA) is 92.7 Å². The zero-order chi connectivity index (χ0) is 12.4. The Morgan fingerprint density at radius 3 is 2.35 bits per heavy atom. The summed E-state index contributed by atoms with van der Waals surface area (Å²) in [4.78, 5) is 0. The highest BCUT2D eigenvalue weighted by Crippen LogP contribution is 2.25. The van der Waals surface area contributed by atoms with Gasteiger partial charge in [-0.3, -0.25) is 10.9 Å². The number of H-pyrrole nitrogens is 1. The highest BCUT2D eigenvalue weighted by atomic mass is 15.2. The van der Waals surface area contributed by atoms with Gasteiger partial charge in [-0.05, 0) is 19.4 Å². The van der Waals surface area contributed by atoms with E-state index in [2.05, 4.69) is 47.7 Å². The van der Waals surface area contributed by atoms with Gasteiger partial charge in [0.2, 0.25) is 0 Å². The van der Waals surface area contributed by atoms with Crippen LogP contribution in [0.25, 0.3) is 0 Å². The van der Waals surface area contributed by atoms with Gasteiger partial charge in [-0.25, -0.2) is 5.43 Å². The lowest BCUT2D eigenvalue weighted by molar-refractivity contribution is 0.638. The van der Waals surface area contributed by atoms with Gasteiger partial charge >= 0.3 is 0 Å². The zero-order valence-corrected chi connectivity index (χ0v) is 9.99. The van der Waals surface area contributed by atoms with E-state index in [4.69, 9.17) is 11.6 Å². The summed E-state index contributed by atoms with van der Waals surface area (Å²) in [5.41, 5.74) is 12.9. The molecule has 0 aliphatic rings. The Kier molecular flexibility index (Phi) is 3.12. The van der Waals surface area contributed by atoms with Crippen LogP contribution in [-0.2, 0) is 0 Å².